The zero-order chi connectivity index (χ0) is 25.6. The minimum Gasteiger partial charge on any atom is -0.340 e. The number of benzene rings is 3. The van der Waals surface area contributed by atoms with Crippen molar-refractivity contribution in [2.45, 2.75) is 51.0 Å². The summed E-state index contributed by atoms with van der Waals surface area (Å²) in [5.74, 6) is -0.0930. The lowest BCUT2D eigenvalue weighted by Crippen LogP contribution is -2.38. The molecule has 0 radical (unpaired) electrons. The molecule has 4 nitrogen and oxygen atoms in total. The maximum Gasteiger partial charge on any atom is 0.243 e. The number of para-hydroxylation sites is 1. The summed E-state index contributed by atoms with van der Waals surface area (Å²) < 4.78 is 45.0. The van der Waals surface area contributed by atoms with Crippen LogP contribution in [0.15, 0.2) is 65.6 Å². The molecule has 1 aromatic heterocycles. The Kier molecular flexibility index (Phi) is 6.70. The topological polar surface area (TPSA) is 42.3 Å². The minimum absolute atomic E-state index is 0.221. The normalized spacial score (nSPS) is 15.6. The molecule has 0 spiro atoms. The second kappa shape index (κ2) is 9.66. The van der Waals surface area contributed by atoms with Crippen LogP contribution in [0.4, 0.5) is 4.39 Å². The third-order valence-corrected chi connectivity index (χ3v) is 9.88. The van der Waals surface area contributed by atoms with Crippen molar-refractivity contribution in [3.63, 3.8) is 0 Å². The lowest BCUT2D eigenvalue weighted by molar-refractivity contribution is 0.319. The molecule has 0 saturated carbocycles. The lowest BCUT2D eigenvalue weighted by Gasteiger charge is -2.32. The molecule has 7 heteroatoms. The predicted octanol–water partition coefficient (Wildman–Crippen LogP) is 6.98. The van der Waals surface area contributed by atoms with Crippen LogP contribution in [0.1, 0.15) is 46.7 Å². The fourth-order valence-electron chi connectivity index (χ4n) is 5.43. The molecule has 1 aliphatic heterocycles. The van der Waals surface area contributed by atoms with Crippen LogP contribution in [0.3, 0.4) is 0 Å². The first-order valence-corrected chi connectivity index (χ1v) is 14.1. The molecule has 1 aliphatic rings. The molecular weight excluding hydrogens is 495 g/mol. The van der Waals surface area contributed by atoms with Crippen molar-refractivity contribution in [2.75, 3.05) is 13.1 Å². The van der Waals surface area contributed by atoms with Crippen LogP contribution >= 0.6 is 11.6 Å². The zero-order valence-electron chi connectivity index (χ0n) is 20.8. The van der Waals surface area contributed by atoms with Gasteiger partial charge in [0, 0.05) is 40.3 Å². The van der Waals surface area contributed by atoms with Gasteiger partial charge in [-0.25, -0.2) is 12.8 Å². The van der Waals surface area contributed by atoms with Gasteiger partial charge in [0.25, 0.3) is 0 Å². The highest BCUT2D eigenvalue weighted by molar-refractivity contribution is 7.89. The van der Waals surface area contributed by atoms with Crippen molar-refractivity contribution in [2.24, 2.45) is 0 Å². The van der Waals surface area contributed by atoms with Gasteiger partial charge in [-0.3, -0.25) is 0 Å². The van der Waals surface area contributed by atoms with Gasteiger partial charge in [0.05, 0.1) is 11.4 Å². The van der Waals surface area contributed by atoms with E-state index in [1.54, 1.807) is 28.6 Å². The molecule has 2 heterocycles. The molecule has 0 atom stereocenters. The van der Waals surface area contributed by atoms with E-state index in [2.05, 4.69) is 23.6 Å². The van der Waals surface area contributed by atoms with E-state index in [9.17, 15) is 12.8 Å². The second-order valence-corrected chi connectivity index (χ2v) is 12.1. The monoisotopic (exact) mass is 524 g/mol. The maximum absolute atomic E-state index is 14.6. The number of aromatic nitrogens is 1. The number of fused-ring (bicyclic) bond motifs is 1. The van der Waals surface area contributed by atoms with Gasteiger partial charge in [0.2, 0.25) is 10.0 Å². The Hall–Kier alpha value is -2.67. The van der Waals surface area contributed by atoms with Crippen molar-refractivity contribution < 1.29 is 12.8 Å². The average Bonchev–Trinajstić information content (AvgIpc) is 3.14. The van der Waals surface area contributed by atoms with E-state index in [0.717, 1.165) is 40.6 Å². The molecule has 0 amide bonds. The molecule has 0 aliphatic carbocycles. The Bertz CT molecular complexity index is 1530. The molecule has 36 heavy (non-hydrogen) atoms. The Labute approximate surface area is 217 Å². The SMILES string of the molecule is Cc1ccc(S(=O)(=O)N2CCC(c3c(C)n(Cc4c(F)cccc4Cl)c4ccccc34)CC2)cc1C. The third-order valence-electron chi connectivity index (χ3n) is 7.64. The number of hydrogen-bond acceptors (Lipinski definition) is 2. The van der Waals surface area contributed by atoms with Crippen LogP contribution in [0.2, 0.25) is 5.02 Å². The van der Waals surface area contributed by atoms with Gasteiger partial charge in [-0.2, -0.15) is 4.31 Å². The van der Waals surface area contributed by atoms with E-state index in [1.807, 2.05) is 32.0 Å². The summed E-state index contributed by atoms with van der Waals surface area (Å²) in [7, 11) is -3.53. The summed E-state index contributed by atoms with van der Waals surface area (Å²) in [5.41, 5.74) is 5.87. The molecule has 0 unspecified atom stereocenters. The summed E-state index contributed by atoms with van der Waals surface area (Å²) in [6, 6.07) is 18.3. The molecule has 5 rings (SSSR count). The fourth-order valence-corrected chi connectivity index (χ4v) is 7.20. The number of piperidine rings is 1. The maximum atomic E-state index is 14.6. The van der Waals surface area contributed by atoms with Crippen LogP contribution in [0.25, 0.3) is 10.9 Å². The molecule has 188 valence electrons. The molecular formula is C29H30ClFN2O2S. The fraction of sp³-hybridized carbons (Fsp3) is 0.310. The second-order valence-electron chi connectivity index (χ2n) is 9.73. The lowest BCUT2D eigenvalue weighted by atomic mass is 9.88. The molecule has 1 saturated heterocycles. The van der Waals surface area contributed by atoms with Gasteiger partial charge in [-0.15, -0.1) is 0 Å². The van der Waals surface area contributed by atoms with Gasteiger partial charge < -0.3 is 4.57 Å². The van der Waals surface area contributed by atoms with Crippen LogP contribution in [0.5, 0.6) is 0 Å². The van der Waals surface area contributed by atoms with Gasteiger partial charge in [-0.05, 0) is 86.6 Å². The summed E-state index contributed by atoms with van der Waals surface area (Å²) in [5, 5.41) is 1.55. The van der Waals surface area contributed by atoms with E-state index in [0.29, 0.717) is 35.1 Å². The highest BCUT2D eigenvalue weighted by Crippen LogP contribution is 2.39. The molecule has 0 bridgehead atoms. The molecule has 3 aromatic carbocycles. The van der Waals surface area contributed by atoms with Crippen molar-refractivity contribution in [1.29, 1.82) is 0 Å². The van der Waals surface area contributed by atoms with Crippen LogP contribution in [-0.2, 0) is 16.6 Å². The first kappa shape index (κ1) is 25.0. The highest BCUT2D eigenvalue weighted by Gasteiger charge is 2.32. The van der Waals surface area contributed by atoms with Crippen molar-refractivity contribution in [3.8, 4) is 0 Å². The van der Waals surface area contributed by atoms with Crippen LogP contribution in [0, 0.1) is 26.6 Å². The first-order chi connectivity index (χ1) is 17.2. The largest absolute Gasteiger partial charge is 0.340 e. The van der Waals surface area contributed by atoms with Crippen molar-refractivity contribution in [1.82, 2.24) is 8.87 Å². The van der Waals surface area contributed by atoms with Gasteiger partial charge in [0.1, 0.15) is 5.82 Å². The Morgan fingerprint density at radius 3 is 2.36 bits per heavy atom. The van der Waals surface area contributed by atoms with E-state index in [4.69, 9.17) is 11.6 Å². The molecule has 0 N–H and O–H groups in total. The van der Waals surface area contributed by atoms with E-state index < -0.39 is 10.0 Å². The number of rotatable bonds is 5. The molecule has 4 aromatic rings. The van der Waals surface area contributed by atoms with E-state index in [1.165, 1.54) is 11.6 Å². The quantitative estimate of drug-likeness (QED) is 0.283. The third kappa shape index (κ3) is 4.36. The standard InChI is InChI=1S/C29H30ClFN2O2S/c1-19-11-12-23(17-20(19)2)36(34,35)32-15-13-22(14-16-32)29-21(3)33(28-10-5-4-7-24(28)29)18-25-26(30)8-6-9-27(25)31/h4-12,17,22H,13-16,18H2,1-3H3. The number of nitrogens with zero attached hydrogens (tertiary/aromatic N) is 2. The Morgan fingerprint density at radius 2 is 1.67 bits per heavy atom. The van der Waals surface area contributed by atoms with Crippen molar-refractivity contribution >= 4 is 32.5 Å². The number of aryl methyl sites for hydroxylation is 2. The first-order valence-electron chi connectivity index (χ1n) is 12.3. The number of sulfonamides is 1. The predicted molar refractivity (Wildman–Crippen MR) is 144 cm³/mol. The summed E-state index contributed by atoms with van der Waals surface area (Å²) >= 11 is 6.35. The highest BCUT2D eigenvalue weighted by atomic mass is 35.5. The smallest absolute Gasteiger partial charge is 0.243 e. The van der Waals surface area contributed by atoms with E-state index >= 15 is 0 Å². The van der Waals surface area contributed by atoms with Crippen LogP contribution < -0.4 is 0 Å². The number of halogens is 2. The van der Waals surface area contributed by atoms with Gasteiger partial charge in [0.15, 0.2) is 0 Å². The Balaban J connectivity index is 1.44. The average molecular weight is 525 g/mol. The summed E-state index contributed by atoms with van der Waals surface area (Å²) in [6.45, 7) is 7.28. The van der Waals surface area contributed by atoms with Crippen LogP contribution in [-0.4, -0.2) is 30.4 Å². The van der Waals surface area contributed by atoms with Gasteiger partial charge in [-0.1, -0.05) is 41.9 Å². The minimum atomic E-state index is -3.53. The van der Waals surface area contributed by atoms with E-state index in [-0.39, 0.29) is 11.7 Å². The Morgan fingerprint density at radius 1 is 0.944 bits per heavy atom. The number of hydrogen-bond donors (Lipinski definition) is 0. The summed E-state index contributed by atoms with van der Waals surface area (Å²) in [6.07, 6.45) is 1.47. The molecule has 1 fully saturated rings. The van der Waals surface area contributed by atoms with Crippen molar-refractivity contribution in [3.05, 3.63) is 99.5 Å². The zero-order valence-corrected chi connectivity index (χ0v) is 22.3. The summed E-state index contributed by atoms with van der Waals surface area (Å²) in [4.78, 5) is 0.360. The van der Waals surface area contributed by atoms with Gasteiger partial charge >= 0.3 is 0 Å².